The van der Waals surface area contributed by atoms with Gasteiger partial charge in [-0.25, -0.2) is 9.59 Å². The molecule has 0 saturated heterocycles. The highest BCUT2D eigenvalue weighted by atomic mass is 19.4. The smallest absolute Gasteiger partial charge is 0.456 e. The van der Waals surface area contributed by atoms with Gasteiger partial charge >= 0.3 is 18.3 Å². The SMILES string of the molecule is CCN1C(C)=C(OC(=O)OC)C(c2ccccc2C(F)(F)F)C2=C1COC2=O. The van der Waals surface area contributed by atoms with Gasteiger partial charge in [0.25, 0.3) is 0 Å². The zero-order valence-corrected chi connectivity index (χ0v) is 15.4. The second-order valence-electron chi connectivity index (χ2n) is 6.20. The van der Waals surface area contributed by atoms with Crippen LogP contribution >= 0.6 is 0 Å². The summed E-state index contributed by atoms with van der Waals surface area (Å²) in [5, 5.41) is 0. The Kier molecular flexibility index (Phi) is 5.10. The Morgan fingerprint density at radius 3 is 2.61 bits per heavy atom. The molecule has 0 spiro atoms. The van der Waals surface area contributed by atoms with E-state index in [0.717, 1.165) is 13.2 Å². The molecule has 2 heterocycles. The molecule has 6 nitrogen and oxygen atoms in total. The predicted molar refractivity (Wildman–Crippen MR) is 90.7 cm³/mol. The Hall–Kier alpha value is -2.97. The Bertz CT molecular complexity index is 888. The molecule has 1 atom stereocenters. The Morgan fingerprint density at radius 2 is 2.00 bits per heavy atom. The third-order valence-corrected chi connectivity index (χ3v) is 4.76. The number of esters is 1. The number of rotatable bonds is 3. The molecule has 2 aliphatic heterocycles. The van der Waals surface area contributed by atoms with E-state index in [0.29, 0.717) is 17.9 Å². The fourth-order valence-electron chi connectivity index (χ4n) is 3.59. The van der Waals surface area contributed by atoms with E-state index in [1.165, 1.54) is 18.2 Å². The molecule has 0 amide bonds. The number of alkyl halides is 3. The lowest BCUT2D eigenvalue weighted by Gasteiger charge is -2.35. The first-order valence-electron chi connectivity index (χ1n) is 8.51. The van der Waals surface area contributed by atoms with Crippen molar-refractivity contribution in [3.63, 3.8) is 0 Å². The number of carbonyl (C=O) groups excluding carboxylic acids is 2. The van der Waals surface area contributed by atoms with Crippen LogP contribution in [-0.2, 0) is 25.2 Å². The van der Waals surface area contributed by atoms with E-state index in [9.17, 15) is 22.8 Å². The average Bonchev–Trinajstić information content (AvgIpc) is 3.03. The first-order chi connectivity index (χ1) is 13.2. The normalized spacial score (nSPS) is 19.6. The maximum absolute atomic E-state index is 13.6. The van der Waals surface area contributed by atoms with Gasteiger partial charge in [0.15, 0.2) is 0 Å². The van der Waals surface area contributed by atoms with Crippen LogP contribution in [0.1, 0.15) is 30.9 Å². The van der Waals surface area contributed by atoms with Crippen molar-refractivity contribution in [2.75, 3.05) is 20.3 Å². The predicted octanol–water partition coefficient (Wildman–Crippen LogP) is 3.95. The molecule has 150 valence electrons. The minimum atomic E-state index is -4.66. The van der Waals surface area contributed by atoms with Crippen LogP contribution in [0.3, 0.4) is 0 Å². The molecular weight excluding hydrogens is 379 g/mol. The van der Waals surface area contributed by atoms with Crippen LogP contribution < -0.4 is 0 Å². The van der Waals surface area contributed by atoms with Gasteiger partial charge in [0.1, 0.15) is 12.4 Å². The van der Waals surface area contributed by atoms with Crippen molar-refractivity contribution in [2.24, 2.45) is 0 Å². The number of benzene rings is 1. The summed E-state index contributed by atoms with van der Waals surface area (Å²) in [6.45, 7) is 3.76. The van der Waals surface area contributed by atoms with Crippen molar-refractivity contribution in [2.45, 2.75) is 25.9 Å². The van der Waals surface area contributed by atoms with Gasteiger partial charge in [-0.2, -0.15) is 13.2 Å². The summed E-state index contributed by atoms with van der Waals surface area (Å²) < 4.78 is 55.8. The van der Waals surface area contributed by atoms with Crippen LogP contribution in [0, 0.1) is 0 Å². The highest BCUT2D eigenvalue weighted by Crippen LogP contribution is 2.48. The van der Waals surface area contributed by atoms with Gasteiger partial charge in [-0.05, 0) is 25.5 Å². The fourth-order valence-corrected chi connectivity index (χ4v) is 3.59. The molecule has 9 heteroatoms. The second kappa shape index (κ2) is 7.21. The molecule has 1 unspecified atom stereocenters. The van der Waals surface area contributed by atoms with E-state index in [1.807, 2.05) is 0 Å². The maximum atomic E-state index is 13.6. The van der Waals surface area contributed by atoms with Gasteiger partial charge in [0, 0.05) is 6.54 Å². The number of allylic oxidation sites excluding steroid dienone is 2. The van der Waals surface area contributed by atoms with Crippen molar-refractivity contribution < 1.29 is 37.0 Å². The maximum Gasteiger partial charge on any atom is 0.513 e. The number of carbonyl (C=O) groups is 2. The average molecular weight is 397 g/mol. The van der Waals surface area contributed by atoms with Crippen molar-refractivity contribution in [3.8, 4) is 0 Å². The van der Waals surface area contributed by atoms with Gasteiger partial charge < -0.3 is 19.1 Å². The molecule has 3 rings (SSSR count). The number of nitrogens with zero attached hydrogens (tertiary/aromatic N) is 1. The Labute approximate surface area is 159 Å². The number of cyclic esters (lactones) is 1. The molecule has 0 fully saturated rings. The van der Waals surface area contributed by atoms with Gasteiger partial charge in [-0.15, -0.1) is 0 Å². The largest absolute Gasteiger partial charge is 0.513 e. The molecule has 0 aliphatic carbocycles. The number of ether oxygens (including phenoxy) is 3. The summed E-state index contributed by atoms with van der Waals surface area (Å²) in [7, 11) is 1.09. The summed E-state index contributed by atoms with van der Waals surface area (Å²) in [4.78, 5) is 25.9. The lowest BCUT2D eigenvalue weighted by Crippen LogP contribution is -2.33. The van der Waals surface area contributed by atoms with Crippen LogP contribution in [0.4, 0.5) is 18.0 Å². The molecule has 0 N–H and O–H groups in total. The number of methoxy groups -OCH3 is 1. The van der Waals surface area contributed by atoms with Crippen LogP contribution in [0.25, 0.3) is 0 Å². The third-order valence-electron chi connectivity index (χ3n) is 4.76. The van der Waals surface area contributed by atoms with Gasteiger partial charge in [-0.1, -0.05) is 18.2 Å². The second-order valence-corrected chi connectivity index (χ2v) is 6.20. The van der Waals surface area contributed by atoms with Crippen LogP contribution in [0.15, 0.2) is 47.0 Å². The van der Waals surface area contributed by atoms with Crippen LogP contribution in [-0.4, -0.2) is 37.3 Å². The van der Waals surface area contributed by atoms with E-state index in [1.54, 1.807) is 18.7 Å². The molecule has 2 aliphatic rings. The zero-order chi connectivity index (χ0) is 20.6. The Balaban J connectivity index is 2.27. The van der Waals surface area contributed by atoms with E-state index in [2.05, 4.69) is 4.74 Å². The first-order valence-corrected chi connectivity index (χ1v) is 8.51. The summed E-state index contributed by atoms with van der Waals surface area (Å²) in [5.41, 5.74) is -0.218. The molecule has 0 aromatic heterocycles. The monoisotopic (exact) mass is 397 g/mol. The number of halogens is 3. The minimum Gasteiger partial charge on any atom is -0.456 e. The molecule has 0 radical (unpaired) electrons. The minimum absolute atomic E-state index is 0.0306. The summed E-state index contributed by atoms with van der Waals surface area (Å²) in [6, 6.07) is 4.88. The van der Waals surface area contributed by atoms with Crippen molar-refractivity contribution in [3.05, 3.63) is 58.1 Å². The van der Waals surface area contributed by atoms with Crippen LogP contribution in [0.5, 0.6) is 0 Å². The third kappa shape index (κ3) is 3.21. The molecular formula is C19H18F3NO5. The van der Waals surface area contributed by atoms with E-state index >= 15 is 0 Å². The zero-order valence-electron chi connectivity index (χ0n) is 15.4. The van der Waals surface area contributed by atoms with E-state index < -0.39 is 29.8 Å². The topological polar surface area (TPSA) is 65.1 Å². The highest BCUT2D eigenvalue weighted by molar-refractivity contribution is 5.95. The van der Waals surface area contributed by atoms with E-state index in [4.69, 9.17) is 9.47 Å². The highest BCUT2D eigenvalue weighted by Gasteiger charge is 2.46. The van der Waals surface area contributed by atoms with Crippen LogP contribution in [0.2, 0.25) is 0 Å². The summed E-state index contributed by atoms with van der Waals surface area (Å²) >= 11 is 0. The Morgan fingerprint density at radius 1 is 1.32 bits per heavy atom. The van der Waals surface area contributed by atoms with Gasteiger partial charge in [-0.3, -0.25) is 0 Å². The summed E-state index contributed by atoms with van der Waals surface area (Å²) in [5.74, 6) is -2.08. The number of likely N-dealkylation sites (N-methyl/N-ethyl adjacent to an activating group) is 1. The fraction of sp³-hybridized carbons (Fsp3) is 0.368. The van der Waals surface area contributed by atoms with Gasteiger partial charge in [0.05, 0.1) is 35.6 Å². The number of hydrogen-bond donors (Lipinski definition) is 0. The molecule has 0 bridgehead atoms. The quantitative estimate of drug-likeness (QED) is 0.720. The molecule has 1 aromatic rings. The lowest BCUT2D eigenvalue weighted by atomic mass is 9.82. The van der Waals surface area contributed by atoms with Crippen molar-refractivity contribution in [1.29, 1.82) is 0 Å². The number of hydrogen-bond acceptors (Lipinski definition) is 6. The molecule has 28 heavy (non-hydrogen) atoms. The van der Waals surface area contributed by atoms with Crippen molar-refractivity contribution >= 4 is 12.1 Å². The molecule has 1 aromatic carbocycles. The molecule has 0 saturated carbocycles. The van der Waals surface area contributed by atoms with Crippen molar-refractivity contribution in [1.82, 2.24) is 4.90 Å². The standard InChI is InChI=1S/C19H18F3NO5/c1-4-23-10(2)16(28-18(25)26-3)14(15-13(23)9-27-17(15)24)11-7-5-6-8-12(11)19(20,21)22/h5-8,14H,4,9H2,1-3H3. The summed E-state index contributed by atoms with van der Waals surface area (Å²) in [6.07, 6.45) is -5.75. The van der Waals surface area contributed by atoms with E-state index in [-0.39, 0.29) is 23.5 Å². The lowest BCUT2D eigenvalue weighted by molar-refractivity contribution is -0.139. The first kappa shape index (κ1) is 19.8. The van der Waals surface area contributed by atoms with Gasteiger partial charge in [0.2, 0.25) is 0 Å².